The molecule has 0 aromatic carbocycles. The molecule has 0 saturated carbocycles. The first kappa shape index (κ1) is 12.9. The Morgan fingerprint density at radius 1 is 1.20 bits per heavy atom. The second-order valence-corrected chi connectivity index (χ2v) is 4.15. The molecule has 0 radical (unpaired) electrons. The van der Waals surface area contributed by atoms with Gasteiger partial charge in [0.25, 0.3) is 0 Å². The summed E-state index contributed by atoms with van der Waals surface area (Å²) in [6.45, 7) is 7.14. The Morgan fingerprint density at radius 2 is 1.87 bits per heavy atom. The Labute approximate surface area is 92.9 Å². The smallest absolute Gasteiger partial charge is 0.0589 e. The molecule has 1 unspecified atom stereocenters. The first-order valence-corrected chi connectivity index (χ1v) is 5.77. The zero-order chi connectivity index (χ0) is 10.9. The molecular formula is C11H24N2O2. The molecule has 1 atom stereocenters. The average molecular weight is 216 g/mol. The molecule has 15 heavy (non-hydrogen) atoms. The number of ether oxygens (including phenoxy) is 2. The molecule has 4 heteroatoms. The number of nitrogens with one attached hydrogen (secondary N) is 1. The molecular weight excluding hydrogens is 192 g/mol. The van der Waals surface area contributed by atoms with Gasteiger partial charge in [0.1, 0.15) is 0 Å². The minimum Gasteiger partial charge on any atom is -0.383 e. The van der Waals surface area contributed by atoms with Crippen molar-refractivity contribution in [1.29, 1.82) is 0 Å². The summed E-state index contributed by atoms with van der Waals surface area (Å²) in [5, 5.41) is 3.40. The monoisotopic (exact) mass is 216 g/mol. The van der Waals surface area contributed by atoms with E-state index >= 15 is 0 Å². The Balaban J connectivity index is 2.19. The summed E-state index contributed by atoms with van der Waals surface area (Å²) in [5.74, 6) is 0.804. The topological polar surface area (TPSA) is 33.7 Å². The van der Waals surface area contributed by atoms with Crippen LogP contribution in [0.3, 0.4) is 0 Å². The maximum atomic E-state index is 5.12. The molecule has 1 heterocycles. The quantitative estimate of drug-likeness (QED) is 0.628. The summed E-state index contributed by atoms with van der Waals surface area (Å²) in [5.41, 5.74) is 0. The van der Waals surface area contributed by atoms with Crippen molar-refractivity contribution in [3.05, 3.63) is 0 Å². The molecule has 0 aliphatic carbocycles. The molecule has 0 amide bonds. The van der Waals surface area contributed by atoms with Gasteiger partial charge in [-0.2, -0.15) is 0 Å². The SMILES string of the molecule is COCCN(CCOC)CC1CCNC1. The highest BCUT2D eigenvalue weighted by atomic mass is 16.5. The van der Waals surface area contributed by atoms with Gasteiger partial charge in [-0.05, 0) is 25.4 Å². The van der Waals surface area contributed by atoms with E-state index in [1.807, 2.05) is 0 Å². The molecule has 1 saturated heterocycles. The van der Waals surface area contributed by atoms with Gasteiger partial charge in [-0.1, -0.05) is 0 Å². The minimum absolute atomic E-state index is 0.804. The highest BCUT2D eigenvalue weighted by Gasteiger charge is 2.17. The molecule has 90 valence electrons. The Kier molecular flexibility index (Phi) is 6.92. The van der Waals surface area contributed by atoms with E-state index < -0.39 is 0 Å². The van der Waals surface area contributed by atoms with Crippen molar-refractivity contribution in [2.24, 2.45) is 5.92 Å². The van der Waals surface area contributed by atoms with Crippen LogP contribution in [0.25, 0.3) is 0 Å². The standard InChI is InChI=1S/C11H24N2O2/c1-14-7-5-13(6-8-15-2)10-11-3-4-12-9-11/h11-12H,3-10H2,1-2H3. The zero-order valence-corrected chi connectivity index (χ0v) is 10.00. The number of hydrogen-bond acceptors (Lipinski definition) is 4. The number of hydrogen-bond donors (Lipinski definition) is 1. The van der Waals surface area contributed by atoms with Crippen LogP contribution in [-0.2, 0) is 9.47 Å². The molecule has 4 nitrogen and oxygen atoms in total. The van der Waals surface area contributed by atoms with Gasteiger partial charge < -0.3 is 14.8 Å². The van der Waals surface area contributed by atoms with Crippen molar-refractivity contribution in [2.75, 3.05) is 60.2 Å². The predicted octanol–water partition coefficient (Wildman–Crippen LogP) is 0.191. The Bertz CT molecular complexity index is 142. The lowest BCUT2D eigenvalue weighted by Crippen LogP contribution is -2.35. The van der Waals surface area contributed by atoms with Crippen LogP contribution in [0.5, 0.6) is 0 Å². The van der Waals surface area contributed by atoms with Crippen LogP contribution in [0.4, 0.5) is 0 Å². The number of rotatable bonds is 8. The van der Waals surface area contributed by atoms with E-state index in [1.165, 1.54) is 19.5 Å². The van der Waals surface area contributed by atoms with Gasteiger partial charge in [-0.15, -0.1) is 0 Å². The molecule has 0 aromatic rings. The van der Waals surface area contributed by atoms with Crippen molar-refractivity contribution >= 4 is 0 Å². The molecule has 0 bridgehead atoms. The van der Waals surface area contributed by atoms with Crippen molar-refractivity contribution in [2.45, 2.75) is 6.42 Å². The lowest BCUT2D eigenvalue weighted by atomic mass is 10.1. The summed E-state index contributed by atoms with van der Waals surface area (Å²) < 4.78 is 10.2. The van der Waals surface area contributed by atoms with E-state index in [-0.39, 0.29) is 0 Å². The zero-order valence-electron chi connectivity index (χ0n) is 10.00. The highest BCUT2D eigenvalue weighted by Crippen LogP contribution is 2.09. The highest BCUT2D eigenvalue weighted by molar-refractivity contribution is 4.74. The van der Waals surface area contributed by atoms with E-state index in [4.69, 9.17) is 9.47 Å². The van der Waals surface area contributed by atoms with Crippen LogP contribution in [0.1, 0.15) is 6.42 Å². The van der Waals surface area contributed by atoms with E-state index in [1.54, 1.807) is 14.2 Å². The van der Waals surface area contributed by atoms with Crippen LogP contribution in [0, 0.1) is 5.92 Å². The van der Waals surface area contributed by atoms with Crippen molar-refractivity contribution < 1.29 is 9.47 Å². The largest absolute Gasteiger partial charge is 0.383 e. The minimum atomic E-state index is 0.804. The van der Waals surface area contributed by atoms with Gasteiger partial charge in [0, 0.05) is 33.9 Å². The second-order valence-electron chi connectivity index (χ2n) is 4.15. The van der Waals surface area contributed by atoms with E-state index in [0.29, 0.717) is 0 Å². The molecule has 1 N–H and O–H groups in total. The van der Waals surface area contributed by atoms with Gasteiger partial charge in [0.2, 0.25) is 0 Å². The van der Waals surface area contributed by atoms with Gasteiger partial charge in [-0.3, -0.25) is 4.90 Å². The van der Waals surface area contributed by atoms with Crippen molar-refractivity contribution in [3.63, 3.8) is 0 Å². The van der Waals surface area contributed by atoms with E-state index in [2.05, 4.69) is 10.2 Å². The third-order valence-corrected chi connectivity index (χ3v) is 2.90. The van der Waals surface area contributed by atoms with Gasteiger partial charge in [0.05, 0.1) is 13.2 Å². The van der Waals surface area contributed by atoms with Crippen LogP contribution < -0.4 is 5.32 Å². The maximum absolute atomic E-state index is 5.12. The van der Waals surface area contributed by atoms with E-state index in [9.17, 15) is 0 Å². The van der Waals surface area contributed by atoms with Gasteiger partial charge in [0.15, 0.2) is 0 Å². The fourth-order valence-electron chi connectivity index (χ4n) is 1.97. The summed E-state index contributed by atoms with van der Waals surface area (Å²) in [4.78, 5) is 2.44. The Hall–Kier alpha value is -0.160. The summed E-state index contributed by atoms with van der Waals surface area (Å²) in [6.07, 6.45) is 1.30. The summed E-state index contributed by atoms with van der Waals surface area (Å²) >= 11 is 0. The summed E-state index contributed by atoms with van der Waals surface area (Å²) in [6, 6.07) is 0. The van der Waals surface area contributed by atoms with Crippen molar-refractivity contribution in [3.8, 4) is 0 Å². The molecule has 1 rings (SSSR count). The first-order valence-electron chi connectivity index (χ1n) is 5.77. The molecule has 1 fully saturated rings. The fraction of sp³-hybridized carbons (Fsp3) is 1.00. The van der Waals surface area contributed by atoms with Crippen LogP contribution >= 0.6 is 0 Å². The van der Waals surface area contributed by atoms with Crippen LogP contribution in [-0.4, -0.2) is 65.1 Å². The van der Waals surface area contributed by atoms with Crippen molar-refractivity contribution in [1.82, 2.24) is 10.2 Å². The number of nitrogens with zero attached hydrogens (tertiary/aromatic N) is 1. The molecule has 1 aliphatic rings. The lowest BCUT2D eigenvalue weighted by Gasteiger charge is -2.24. The molecule has 0 spiro atoms. The molecule has 1 aliphatic heterocycles. The van der Waals surface area contributed by atoms with Gasteiger partial charge in [-0.25, -0.2) is 0 Å². The molecule has 0 aromatic heterocycles. The van der Waals surface area contributed by atoms with Gasteiger partial charge >= 0.3 is 0 Å². The number of methoxy groups -OCH3 is 2. The third-order valence-electron chi connectivity index (χ3n) is 2.90. The van der Waals surface area contributed by atoms with Crippen LogP contribution in [0.15, 0.2) is 0 Å². The Morgan fingerprint density at radius 3 is 2.33 bits per heavy atom. The second kappa shape index (κ2) is 8.05. The summed E-state index contributed by atoms with van der Waals surface area (Å²) in [7, 11) is 3.51. The maximum Gasteiger partial charge on any atom is 0.0589 e. The first-order chi connectivity index (χ1) is 7.36. The normalized spacial score (nSPS) is 21.4. The lowest BCUT2D eigenvalue weighted by molar-refractivity contribution is 0.105. The average Bonchev–Trinajstić information content (AvgIpc) is 2.74. The van der Waals surface area contributed by atoms with E-state index in [0.717, 1.165) is 38.8 Å². The fourth-order valence-corrected chi connectivity index (χ4v) is 1.97. The predicted molar refractivity (Wildman–Crippen MR) is 61.2 cm³/mol. The van der Waals surface area contributed by atoms with Crippen LogP contribution in [0.2, 0.25) is 0 Å². The third kappa shape index (κ3) is 5.47.